The minimum absolute atomic E-state index is 0.0807. The van der Waals surface area contributed by atoms with Crippen LogP contribution in [-0.2, 0) is 0 Å². The van der Waals surface area contributed by atoms with Crippen LogP contribution in [0.2, 0.25) is 0 Å². The van der Waals surface area contributed by atoms with E-state index in [1.165, 1.54) is 30.6 Å². The molecule has 3 heteroatoms. The second-order valence-electron chi connectivity index (χ2n) is 4.82. The highest BCUT2D eigenvalue weighted by atomic mass is 79.9. The van der Waals surface area contributed by atoms with Crippen molar-refractivity contribution in [3.63, 3.8) is 0 Å². The first kappa shape index (κ1) is 11.9. The van der Waals surface area contributed by atoms with Crippen LogP contribution in [0, 0.1) is 5.92 Å². The zero-order chi connectivity index (χ0) is 11.7. The first-order valence-corrected chi connectivity index (χ1v) is 6.63. The molecule has 1 fully saturated rings. The molecule has 88 valence electrons. The number of halogens is 1. The van der Waals surface area contributed by atoms with Crippen molar-refractivity contribution in [1.82, 2.24) is 0 Å². The summed E-state index contributed by atoms with van der Waals surface area (Å²) in [6, 6.07) is 6.53. The largest absolute Gasteiger partial charge is 0.374 e. The highest BCUT2D eigenvalue weighted by Gasteiger charge is 2.23. The van der Waals surface area contributed by atoms with Crippen LogP contribution in [0.25, 0.3) is 0 Å². The van der Waals surface area contributed by atoms with Gasteiger partial charge in [-0.25, -0.2) is 0 Å². The predicted molar refractivity (Wildman–Crippen MR) is 72.7 cm³/mol. The maximum atomic E-state index is 5.89. The molecule has 1 atom stereocenters. The first-order valence-electron chi connectivity index (χ1n) is 5.84. The molecule has 1 aliphatic rings. The molecule has 0 unspecified atom stereocenters. The fraction of sp³-hybridized carbons (Fsp3) is 0.538. The van der Waals surface area contributed by atoms with Gasteiger partial charge in [0.1, 0.15) is 0 Å². The minimum atomic E-state index is 0.0807. The van der Waals surface area contributed by atoms with E-state index >= 15 is 0 Å². The van der Waals surface area contributed by atoms with Crippen LogP contribution in [0.5, 0.6) is 0 Å². The average molecular weight is 283 g/mol. The molecule has 0 spiro atoms. The summed E-state index contributed by atoms with van der Waals surface area (Å²) in [6.07, 6.45) is 2.78. The zero-order valence-corrected chi connectivity index (χ0v) is 11.5. The molecule has 0 heterocycles. The number of nitrogens with two attached hydrogens (primary N) is 1. The van der Waals surface area contributed by atoms with Crippen molar-refractivity contribution < 1.29 is 0 Å². The van der Waals surface area contributed by atoms with E-state index in [0.717, 1.165) is 10.4 Å². The maximum absolute atomic E-state index is 5.89. The summed E-state index contributed by atoms with van der Waals surface area (Å²) in [5, 5.41) is 0. The molecule has 16 heavy (non-hydrogen) atoms. The van der Waals surface area contributed by atoms with Gasteiger partial charge in [-0.1, -0.05) is 22.0 Å². The van der Waals surface area contributed by atoms with E-state index in [1.54, 1.807) is 0 Å². The van der Waals surface area contributed by atoms with Gasteiger partial charge in [0.2, 0.25) is 0 Å². The average Bonchev–Trinajstić information content (AvgIpc) is 3.00. The van der Waals surface area contributed by atoms with Gasteiger partial charge in [0.25, 0.3) is 0 Å². The van der Waals surface area contributed by atoms with Crippen molar-refractivity contribution in [2.45, 2.75) is 25.8 Å². The Hall–Kier alpha value is -0.540. The third-order valence-electron chi connectivity index (χ3n) is 3.14. The highest BCUT2D eigenvalue weighted by molar-refractivity contribution is 9.10. The first-order chi connectivity index (χ1) is 7.58. The predicted octanol–water partition coefficient (Wildman–Crippen LogP) is 3.32. The second kappa shape index (κ2) is 4.76. The molecule has 2 rings (SSSR count). The summed E-state index contributed by atoms with van der Waals surface area (Å²) in [5.74, 6) is 0.914. The Kier molecular flexibility index (Phi) is 3.55. The maximum Gasteiger partial charge on any atom is 0.0375 e. The lowest BCUT2D eigenvalue weighted by atomic mass is 10.1. The molecule has 0 saturated heterocycles. The third-order valence-corrected chi connectivity index (χ3v) is 3.83. The van der Waals surface area contributed by atoms with Gasteiger partial charge in [0, 0.05) is 29.8 Å². The Balaban J connectivity index is 2.12. The van der Waals surface area contributed by atoms with Gasteiger partial charge in [-0.2, -0.15) is 0 Å². The van der Waals surface area contributed by atoms with Crippen molar-refractivity contribution >= 4 is 21.6 Å². The minimum Gasteiger partial charge on any atom is -0.374 e. The molecule has 0 bridgehead atoms. The van der Waals surface area contributed by atoms with E-state index in [2.05, 4.69) is 46.1 Å². The van der Waals surface area contributed by atoms with Gasteiger partial charge in [-0.05, 0) is 43.4 Å². The van der Waals surface area contributed by atoms with Crippen molar-refractivity contribution in [3.05, 3.63) is 28.2 Å². The van der Waals surface area contributed by atoms with Gasteiger partial charge in [-0.15, -0.1) is 0 Å². The van der Waals surface area contributed by atoms with E-state index < -0.39 is 0 Å². The molecule has 2 N–H and O–H groups in total. The molecule has 1 aliphatic carbocycles. The number of anilines is 1. The van der Waals surface area contributed by atoms with Gasteiger partial charge < -0.3 is 10.6 Å². The summed E-state index contributed by atoms with van der Waals surface area (Å²) < 4.78 is 1.11. The standard InChI is InChI=1S/C13H19BrN2/c1-9(15)12-6-5-11(7-13(12)14)16(2)8-10-3-4-10/h5-7,9-10H,3-4,8,15H2,1-2H3/t9-/m0/s1. The zero-order valence-electron chi connectivity index (χ0n) is 9.91. The molecule has 0 amide bonds. The summed E-state index contributed by atoms with van der Waals surface area (Å²) in [5.41, 5.74) is 8.32. The normalized spacial score (nSPS) is 17.2. The molecule has 0 radical (unpaired) electrons. The molecule has 1 aromatic carbocycles. The Morgan fingerprint density at radius 1 is 1.50 bits per heavy atom. The monoisotopic (exact) mass is 282 g/mol. The van der Waals surface area contributed by atoms with Crippen molar-refractivity contribution in [3.8, 4) is 0 Å². The lowest BCUT2D eigenvalue weighted by molar-refractivity contribution is 0.783. The SMILES string of the molecule is C[C@H](N)c1ccc(N(C)CC2CC2)cc1Br. The molecule has 1 aromatic rings. The van der Waals surface area contributed by atoms with Crippen LogP contribution in [0.3, 0.4) is 0 Å². The van der Waals surface area contributed by atoms with Gasteiger partial charge in [0.15, 0.2) is 0 Å². The molecular weight excluding hydrogens is 264 g/mol. The van der Waals surface area contributed by atoms with Gasteiger partial charge >= 0.3 is 0 Å². The number of hydrogen-bond donors (Lipinski definition) is 1. The topological polar surface area (TPSA) is 29.3 Å². The highest BCUT2D eigenvalue weighted by Crippen LogP contribution is 2.32. The van der Waals surface area contributed by atoms with Crippen molar-refractivity contribution in [1.29, 1.82) is 0 Å². The van der Waals surface area contributed by atoms with Crippen LogP contribution in [0.4, 0.5) is 5.69 Å². The quantitative estimate of drug-likeness (QED) is 0.918. The number of hydrogen-bond acceptors (Lipinski definition) is 2. The summed E-state index contributed by atoms with van der Waals surface area (Å²) in [7, 11) is 2.16. The van der Waals surface area contributed by atoms with Crippen LogP contribution in [0.1, 0.15) is 31.4 Å². The van der Waals surface area contributed by atoms with E-state index in [1.807, 2.05) is 6.92 Å². The van der Waals surface area contributed by atoms with Crippen LogP contribution < -0.4 is 10.6 Å². The number of rotatable bonds is 4. The Labute approximate surface area is 106 Å². The summed E-state index contributed by atoms with van der Waals surface area (Å²) in [6.45, 7) is 3.18. The van der Waals surface area contributed by atoms with E-state index in [4.69, 9.17) is 5.73 Å². The third kappa shape index (κ3) is 2.77. The molecule has 1 saturated carbocycles. The van der Waals surface area contributed by atoms with Crippen LogP contribution >= 0.6 is 15.9 Å². The Morgan fingerprint density at radius 3 is 2.69 bits per heavy atom. The lowest BCUT2D eigenvalue weighted by Gasteiger charge is -2.20. The summed E-state index contributed by atoms with van der Waals surface area (Å²) >= 11 is 3.59. The number of benzene rings is 1. The van der Waals surface area contributed by atoms with Gasteiger partial charge in [0.05, 0.1) is 0 Å². The molecule has 0 aliphatic heterocycles. The van der Waals surface area contributed by atoms with E-state index in [0.29, 0.717) is 0 Å². The van der Waals surface area contributed by atoms with Crippen LogP contribution in [0.15, 0.2) is 22.7 Å². The molecule has 0 aromatic heterocycles. The van der Waals surface area contributed by atoms with Crippen LogP contribution in [-0.4, -0.2) is 13.6 Å². The smallest absolute Gasteiger partial charge is 0.0375 e. The van der Waals surface area contributed by atoms with E-state index in [9.17, 15) is 0 Å². The second-order valence-corrected chi connectivity index (χ2v) is 5.67. The Morgan fingerprint density at radius 2 is 2.19 bits per heavy atom. The van der Waals surface area contributed by atoms with E-state index in [-0.39, 0.29) is 6.04 Å². The van der Waals surface area contributed by atoms with Crippen molar-refractivity contribution in [2.24, 2.45) is 11.7 Å². The fourth-order valence-corrected chi connectivity index (χ4v) is 2.64. The molecular formula is C13H19BrN2. The fourth-order valence-electron chi connectivity index (χ4n) is 1.92. The number of nitrogens with zero attached hydrogens (tertiary/aromatic N) is 1. The Bertz CT molecular complexity index is 372. The lowest BCUT2D eigenvalue weighted by Crippen LogP contribution is -2.20. The van der Waals surface area contributed by atoms with Gasteiger partial charge in [-0.3, -0.25) is 0 Å². The van der Waals surface area contributed by atoms with Crippen molar-refractivity contribution in [2.75, 3.05) is 18.5 Å². The summed E-state index contributed by atoms with van der Waals surface area (Å²) in [4.78, 5) is 2.33. The molecule has 2 nitrogen and oxygen atoms in total.